The molecular formula is C14H22N2S. The number of hydrogen-bond acceptors (Lipinski definition) is 3. The van der Waals surface area contributed by atoms with Crippen molar-refractivity contribution >= 4 is 11.3 Å². The molecule has 1 unspecified atom stereocenters. The zero-order valence-corrected chi connectivity index (χ0v) is 11.7. The Labute approximate surface area is 108 Å². The maximum Gasteiger partial charge on any atom is 0.113 e. The fourth-order valence-electron chi connectivity index (χ4n) is 2.58. The van der Waals surface area contributed by atoms with Crippen LogP contribution in [0.5, 0.6) is 0 Å². The lowest BCUT2D eigenvalue weighted by molar-refractivity contribution is 0.348. The summed E-state index contributed by atoms with van der Waals surface area (Å²) in [6.45, 7) is 4.60. The van der Waals surface area contributed by atoms with Crippen molar-refractivity contribution in [2.45, 2.75) is 70.4 Å². The van der Waals surface area contributed by atoms with Gasteiger partial charge in [0.2, 0.25) is 0 Å². The highest BCUT2D eigenvalue weighted by atomic mass is 32.1. The molecule has 1 atom stereocenters. The fraction of sp³-hybridized carbons (Fsp3) is 0.786. The second-order valence-electron chi connectivity index (χ2n) is 5.70. The van der Waals surface area contributed by atoms with Gasteiger partial charge in [-0.15, -0.1) is 11.3 Å². The molecule has 1 aromatic rings. The van der Waals surface area contributed by atoms with Crippen molar-refractivity contribution in [3.63, 3.8) is 0 Å². The number of rotatable bonds is 4. The Morgan fingerprint density at radius 1 is 1.35 bits per heavy atom. The standard InChI is InChI=1S/C14H22N2S/c1-3-14(2,16-10-8-9-10)13-15-11-6-4-5-7-12(11)17-13/h10,16H,3-9H2,1-2H3. The molecular weight excluding hydrogens is 228 g/mol. The first-order chi connectivity index (χ1) is 8.21. The van der Waals surface area contributed by atoms with Crippen molar-refractivity contribution in [3.8, 4) is 0 Å². The largest absolute Gasteiger partial charge is 0.303 e. The van der Waals surface area contributed by atoms with E-state index in [0.717, 1.165) is 12.5 Å². The zero-order chi connectivity index (χ0) is 11.9. The van der Waals surface area contributed by atoms with E-state index in [9.17, 15) is 0 Å². The van der Waals surface area contributed by atoms with Crippen LogP contribution in [0.3, 0.4) is 0 Å². The highest BCUT2D eigenvalue weighted by molar-refractivity contribution is 7.11. The minimum absolute atomic E-state index is 0.114. The van der Waals surface area contributed by atoms with E-state index in [1.54, 1.807) is 4.88 Å². The van der Waals surface area contributed by atoms with Gasteiger partial charge in [0.05, 0.1) is 11.2 Å². The van der Waals surface area contributed by atoms with Gasteiger partial charge in [-0.3, -0.25) is 0 Å². The second kappa shape index (κ2) is 4.36. The second-order valence-corrected chi connectivity index (χ2v) is 6.78. The molecule has 1 fully saturated rings. The molecule has 1 N–H and O–H groups in total. The molecule has 0 radical (unpaired) electrons. The van der Waals surface area contributed by atoms with Crippen LogP contribution in [-0.4, -0.2) is 11.0 Å². The smallest absolute Gasteiger partial charge is 0.113 e. The summed E-state index contributed by atoms with van der Waals surface area (Å²) in [6, 6.07) is 0.751. The molecule has 0 saturated heterocycles. The first kappa shape index (κ1) is 11.7. The van der Waals surface area contributed by atoms with E-state index >= 15 is 0 Å². The monoisotopic (exact) mass is 250 g/mol. The fourth-order valence-corrected chi connectivity index (χ4v) is 3.91. The first-order valence-corrected chi connectivity index (χ1v) is 7.79. The number of nitrogens with one attached hydrogen (secondary N) is 1. The minimum Gasteiger partial charge on any atom is -0.303 e. The summed E-state index contributed by atoms with van der Waals surface area (Å²) < 4.78 is 0. The third-order valence-corrected chi connectivity index (χ3v) is 5.55. The van der Waals surface area contributed by atoms with Gasteiger partial charge in [-0.2, -0.15) is 0 Å². The number of aromatic nitrogens is 1. The van der Waals surface area contributed by atoms with Crippen molar-refractivity contribution in [1.29, 1.82) is 0 Å². The summed E-state index contributed by atoms with van der Waals surface area (Å²) in [5, 5.41) is 5.12. The van der Waals surface area contributed by atoms with E-state index in [1.807, 2.05) is 11.3 Å². The summed E-state index contributed by atoms with van der Waals surface area (Å²) in [6.07, 6.45) is 8.98. The van der Waals surface area contributed by atoms with Gasteiger partial charge < -0.3 is 5.32 Å². The topological polar surface area (TPSA) is 24.9 Å². The van der Waals surface area contributed by atoms with Crippen LogP contribution in [-0.2, 0) is 18.4 Å². The Balaban J connectivity index is 1.87. The van der Waals surface area contributed by atoms with Crippen LogP contribution in [0.25, 0.3) is 0 Å². The molecule has 0 amide bonds. The lowest BCUT2D eigenvalue weighted by atomic mass is 9.99. The molecule has 1 heterocycles. The van der Waals surface area contributed by atoms with Crippen molar-refractivity contribution < 1.29 is 0 Å². The Hall–Kier alpha value is -0.410. The van der Waals surface area contributed by atoms with Crippen molar-refractivity contribution in [3.05, 3.63) is 15.6 Å². The van der Waals surface area contributed by atoms with Gasteiger partial charge in [-0.05, 0) is 51.9 Å². The maximum absolute atomic E-state index is 4.93. The molecule has 0 bridgehead atoms. The van der Waals surface area contributed by atoms with Gasteiger partial charge in [0.1, 0.15) is 5.01 Å². The summed E-state index contributed by atoms with van der Waals surface area (Å²) in [4.78, 5) is 6.49. The lowest BCUT2D eigenvalue weighted by Crippen LogP contribution is -2.40. The molecule has 3 heteroatoms. The Bertz CT molecular complexity index is 385. The highest BCUT2D eigenvalue weighted by Gasteiger charge is 2.35. The van der Waals surface area contributed by atoms with Gasteiger partial charge in [0.15, 0.2) is 0 Å². The third-order valence-electron chi connectivity index (χ3n) is 4.12. The van der Waals surface area contributed by atoms with Crippen molar-refractivity contribution in [1.82, 2.24) is 10.3 Å². The predicted octanol–water partition coefficient (Wildman–Crippen LogP) is 3.40. The molecule has 2 nitrogen and oxygen atoms in total. The summed E-state index contributed by atoms with van der Waals surface area (Å²) in [5.74, 6) is 0. The summed E-state index contributed by atoms with van der Waals surface area (Å²) >= 11 is 1.96. The van der Waals surface area contributed by atoms with Crippen LogP contribution in [0, 0.1) is 0 Å². The average Bonchev–Trinajstić information content (AvgIpc) is 3.04. The lowest BCUT2D eigenvalue weighted by Gasteiger charge is -2.27. The van der Waals surface area contributed by atoms with E-state index in [1.165, 1.54) is 49.2 Å². The van der Waals surface area contributed by atoms with Crippen LogP contribution in [0.15, 0.2) is 0 Å². The number of thiazole rings is 1. The average molecular weight is 250 g/mol. The van der Waals surface area contributed by atoms with Crippen LogP contribution < -0.4 is 5.32 Å². The van der Waals surface area contributed by atoms with E-state index in [-0.39, 0.29) is 5.54 Å². The van der Waals surface area contributed by atoms with Gasteiger partial charge in [-0.1, -0.05) is 6.92 Å². The molecule has 2 aliphatic carbocycles. The Kier molecular flexibility index (Phi) is 2.99. The number of nitrogens with zero attached hydrogens (tertiary/aromatic N) is 1. The molecule has 2 aliphatic rings. The van der Waals surface area contributed by atoms with Crippen LogP contribution in [0.1, 0.15) is 61.5 Å². The van der Waals surface area contributed by atoms with Crippen LogP contribution in [0.4, 0.5) is 0 Å². The van der Waals surface area contributed by atoms with E-state index in [2.05, 4.69) is 19.2 Å². The van der Waals surface area contributed by atoms with Gasteiger partial charge in [-0.25, -0.2) is 4.98 Å². The summed E-state index contributed by atoms with van der Waals surface area (Å²) in [7, 11) is 0. The molecule has 0 aliphatic heterocycles. The molecule has 17 heavy (non-hydrogen) atoms. The Morgan fingerprint density at radius 3 is 2.76 bits per heavy atom. The Morgan fingerprint density at radius 2 is 2.12 bits per heavy atom. The van der Waals surface area contributed by atoms with Crippen molar-refractivity contribution in [2.75, 3.05) is 0 Å². The first-order valence-electron chi connectivity index (χ1n) is 6.98. The molecule has 94 valence electrons. The van der Waals surface area contributed by atoms with Gasteiger partial charge >= 0.3 is 0 Å². The van der Waals surface area contributed by atoms with Crippen molar-refractivity contribution in [2.24, 2.45) is 0 Å². The normalized spacial score (nSPS) is 23.2. The molecule has 3 rings (SSSR count). The number of aryl methyl sites for hydroxylation is 2. The molecule has 1 saturated carbocycles. The van der Waals surface area contributed by atoms with E-state index in [0.29, 0.717) is 0 Å². The van der Waals surface area contributed by atoms with E-state index < -0.39 is 0 Å². The highest BCUT2D eigenvalue weighted by Crippen LogP contribution is 2.36. The summed E-state index contributed by atoms with van der Waals surface area (Å²) in [5.41, 5.74) is 1.51. The van der Waals surface area contributed by atoms with Gasteiger partial charge in [0, 0.05) is 10.9 Å². The van der Waals surface area contributed by atoms with Crippen LogP contribution >= 0.6 is 11.3 Å². The predicted molar refractivity (Wildman–Crippen MR) is 72.6 cm³/mol. The third kappa shape index (κ3) is 2.27. The quantitative estimate of drug-likeness (QED) is 0.886. The maximum atomic E-state index is 4.93. The number of fused-ring (bicyclic) bond motifs is 1. The minimum atomic E-state index is 0.114. The molecule has 0 aromatic carbocycles. The molecule has 0 spiro atoms. The SMILES string of the molecule is CCC(C)(NC1CC1)c1nc2c(s1)CCCC2. The zero-order valence-electron chi connectivity index (χ0n) is 10.9. The molecule has 1 aromatic heterocycles. The van der Waals surface area contributed by atoms with Crippen LogP contribution in [0.2, 0.25) is 0 Å². The number of hydrogen-bond donors (Lipinski definition) is 1. The van der Waals surface area contributed by atoms with Gasteiger partial charge in [0.25, 0.3) is 0 Å². The van der Waals surface area contributed by atoms with E-state index in [4.69, 9.17) is 4.98 Å².